The number of benzene rings is 3. The minimum atomic E-state index is -1.28. The van der Waals surface area contributed by atoms with Crippen molar-refractivity contribution in [1.29, 1.82) is 0 Å². The van der Waals surface area contributed by atoms with Gasteiger partial charge >= 0.3 is 5.97 Å². The second kappa shape index (κ2) is 26.4. The van der Waals surface area contributed by atoms with Gasteiger partial charge in [-0.1, -0.05) is 74.0 Å². The van der Waals surface area contributed by atoms with Crippen LogP contribution in [0.4, 0.5) is 0 Å². The molecule has 0 spiro atoms. The fourth-order valence-corrected chi connectivity index (χ4v) is 9.79. The summed E-state index contributed by atoms with van der Waals surface area (Å²) in [6, 6.07) is 25.0. The number of likely N-dealkylation sites (N-methyl/N-ethyl adjacent to an activating group) is 1. The van der Waals surface area contributed by atoms with Crippen molar-refractivity contribution in [3.05, 3.63) is 118 Å². The molecule has 4 N–H and O–H groups in total. The van der Waals surface area contributed by atoms with E-state index in [0.717, 1.165) is 31.7 Å². The molecule has 2 aliphatic heterocycles. The van der Waals surface area contributed by atoms with Crippen LogP contribution in [0, 0.1) is 27.2 Å². The highest BCUT2D eigenvalue weighted by atomic mass is 127. The number of halogens is 1. The van der Waals surface area contributed by atoms with E-state index in [2.05, 4.69) is 62.1 Å². The number of para-hydroxylation sites is 1. The summed E-state index contributed by atoms with van der Waals surface area (Å²) in [5.41, 5.74) is 3.47. The van der Waals surface area contributed by atoms with Crippen molar-refractivity contribution in [1.82, 2.24) is 24.8 Å². The van der Waals surface area contributed by atoms with Crippen molar-refractivity contribution in [2.45, 2.75) is 122 Å². The summed E-state index contributed by atoms with van der Waals surface area (Å²) in [7, 11) is 3.54. The lowest BCUT2D eigenvalue weighted by molar-refractivity contribution is -0.304. The maximum absolute atomic E-state index is 14.0. The average Bonchev–Trinajstić information content (AvgIpc) is 3.82. The van der Waals surface area contributed by atoms with Crippen LogP contribution in [0.1, 0.15) is 65.9 Å². The summed E-state index contributed by atoms with van der Waals surface area (Å²) in [5, 5.41) is 54.2. The third kappa shape index (κ3) is 15.3. The number of rotatable bonds is 16. The lowest BCUT2D eigenvalue weighted by atomic mass is 9.79. The third-order valence-electron chi connectivity index (χ3n) is 13.6. The standard InChI is InChI=1S/C54H72IN5O10/c1-8-48-41(33-61)28-34(2)14-23-46(62)35(3)29-40(53(36(4)47(63)30-49(64)69-48)70-54-52(66)50(58(6)7)51(65)37(5)67-54)24-25-59(31-38-15-19-42(55)20-16-38)26-27-60-32-45(56-57-60)39-17-21-44(22-18-39)68-43-12-10-9-11-13-43/h9-23,28,32,35-37,40-41,47-48,50-54,61,63,65-66H,8,24-27,29-31,33H2,1-7H3/b23-14+,34-28+/t35-,36+,37-,40+,41-,47-,48-,50?,51-,52?,53-,54+/m1/s1. The second-order valence-electron chi connectivity index (χ2n) is 19.2. The van der Waals surface area contributed by atoms with Crippen molar-refractivity contribution < 1.29 is 49.0 Å². The van der Waals surface area contributed by atoms with Crippen LogP contribution in [-0.4, -0.2) is 140 Å². The summed E-state index contributed by atoms with van der Waals surface area (Å²) < 4.78 is 27.9. The van der Waals surface area contributed by atoms with Crippen molar-refractivity contribution in [2.24, 2.45) is 23.7 Å². The highest BCUT2D eigenvalue weighted by Crippen LogP contribution is 2.35. The number of aliphatic hydroxyl groups is 4. The molecule has 0 saturated carbocycles. The Balaban J connectivity index is 1.30. The van der Waals surface area contributed by atoms with E-state index in [9.17, 15) is 30.0 Å². The number of hydrogen-bond donors (Lipinski definition) is 4. The molecule has 4 aromatic rings. The number of ether oxygens (including phenoxy) is 4. The quantitative estimate of drug-likeness (QED) is 0.0659. The van der Waals surface area contributed by atoms with Gasteiger partial charge in [0.05, 0.1) is 56.2 Å². The first-order chi connectivity index (χ1) is 33.5. The van der Waals surface area contributed by atoms with E-state index in [4.69, 9.17) is 18.9 Å². The molecule has 0 aliphatic carbocycles. The van der Waals surface area contributed by atoms with E-state index in [0.29, 0.717) is 51.2 Å². The Labute approximate surface area is 426 Å². The van der Waals surface area contributed by atoms with Gasteiger partial charge in [0.15, 0.2) is 12.1 Å². The fourth-order valence-electron chi connectivity index (χ4n) is 9.43. The highest BCUT2D eigenvalue weighted by molar-refractivity contribution is 14.1. The first-order valence-electron chi connectivity index (χ1n) is 24.5. The van der Waals surface area contributed by atoms with Crippen LogP contribution < -0.4 is 4.74 Å². The largest absolute Gasteiger partial charge is 0.462 e. The molecule has 2 unspecified atom stereocenters. The molecule has 1 saturated heterocycles. The van der Waals surface area contributed by atoms with Crippen LogP contribution >= 0.6 is 22.6 Å². The number of nitrogens with zero attached hydrogens (tertiary/aromatic N) is 5. The minimum absolute atomic E-state index is 0.106. The van der Waals surface area contributed by atoms with E-state index in [1.807, 2.05) is 92.3 Å². The maximum atomic E-state index is 14.0. The number of hydrogen-bond acceptors (Lipinski definition) is 14. The Morgan fingerprint density at radius 1 is 0.900 bits per heavy atom. The van der Waals surface area contributed by atoms with Gasteiger partial charge in [-0.25, -0.2) is 0 Å². The van der Waals surface area contributed by atoms with E-state index >= 15 is 0 Å². The van der Waals surface area contributed by atoms with Crippen LogP contribution in [0.5, 0.6) is 11.5 Å². The van der Waals surface area contributed by atoms with Gasteiger partial charge < -0.3 is 44.3 Å². The fraction of sp³-hybridized carbons (Fsp3) is 0.519. The predicted octanol–water partition coefficient (Wildman–Crippen LogP) is 7.06. The van der Waals surface area contributed by atoms with Crippen LogP contribution in [-0.2, 0) is 36.9 Å². The summed E-state index contributed by atoms with van der Waals surface area (Å²) in [6.07, 6.45) is 0.931. The number of cyclic esters (lactones) is 1. The second-order valence-corrected chi connectivity index (χ2v) is 20.4. The molecule has 0 bridgehead atoms. The van der Waals surface area contributed by atoms with Gasteiger partial charge in [0.1, 0.15) is 29.4 Å². The molecule has 3 aromatic carbocycles. The topological polar surface area (TPSA) is 189 Å². The number of ketones is 1. The summed E-state index contributed by atoms with van der Waals surface area (Å²) in [6.45, 7) is 11.1. The number of aromatic nitrogens is 3. The highest BCUT2D eigenvalue weighted by Gasteiger charge is 2.47. The van der Waals surface area contributed by atoms with Gasteiger partial charge in [-0.2, -0.15) is 0 Å². The van der Waals surface area contributed by atoms with Crippen LogP contribution in [0.15, 0.2) is 109 Å². The van der Waals surface area contributed by atoms with Gasteiger partial charge in [0.2, 0.25) is 0 Å². The van der Waals surface area contributed by atoms with Crippen LogP contribution in [0.3, 0.4) is 0 Å². The Morgan fingerprint density at radius 2 is 1.60 bits per heavy atom. The normalized spacial score (nSPS) is 29.7. The Hall–Kier alpha value is -4.37. The molecule has 70 heavy (non-hydrogen) atoms. The number of carbonyl (C=O) groups is 2. The molecule has 1 aromatic heterocycles. The third-order valence-corrected chi connectivity index (χ3v) is 14.3. The molecule has 15 nitrogen and oxygen atoms in total. The summed E-state index contributed by atoms with van der Waals surface area (Å²) in [5.74, 6) is -1.42. The van der Waals surface area contributed by atoms with Gasteiger partial charge in [-0.3, -0.25) is 19.2 Å². The number of aliphatic hydroxyl groups excluding tert-OH is 4. The Morgan fingerprint density at radius 3 is 2.27 bits per heavy atom. The predicted molar refractivity (Wildman–Crippen MR) is 275 cm³/mol. The molecule has 6 rings (SSSR count). The smallest absolute Gasteiger partial charge is 0.308 e. The molecule has 0 amide bonds. The zero-order valence-corrected chi connectivity index (χ0v) is 43.6. The SMILES string of the molecule is CC[C@H]1OC(=O)C[C@@H](O)[C@H](C)[C@@H](O[C@@H]2O[C@H](C)[C@@H](O)C(N(C)C)C2O)[C@@H](CCN(CCn2cc(-c3ccc(Oc4ccccc4)cc3)nn2)Cc2ccc(I)cc2)C[C@@H](C)C(=O)/C=C/C(C)=C/[C@@H]1CO. The van der Waals surface area contributed by atoms with Gasteiger partial charge in [0, 0.05) is 40.0 Å². The molecule has 16 heteroatoms. The van der Waals surface area contributed by atoms with E-state index in [1.54, 1.807) is 45.0 Å². The molecule has 0 radical (unpaired) electrons. The maximum Gasteiger partial charge on any atom is 0.308 e. The number of esters is 1. The van der Waals surface area contributed by atoms with Gasteiger partial charge in [-0.15, -0.1) is 5.10 Å². The first-order valence-corrected chi connectivity index (χ1v) is 25.5. The van der Waals surface area contributed by atoms with Crippen molar-refractivity contribution >= 4 is 34.3 Å². The zero-order valence-electron chi connectivity index (χ0n) is 41.5. The van der Waals surface area contributed by atoms with Crippen LogP contribution in [0.25, 0.3) is 11.3 Å². The Kier molecular flexibility index (Phi) is 20.7. The number of carbonyl (C=O) groups excluding carboxylic acids is 2. The molecular weight excluding hydrogens is 1010 g/mol. The molecular formula is C54H72IN5O10. The summed E-state index contributed by atoms with van der Waals surface area (Å²) >= 11 is 2.30. The molecule has 380 valence electrons. The van der Waals surface area contributed by atoms with E-state index in [1.165, 1.54) is 0 Å². The van der Waals surface area contributed by atoms with Crippen molar-refractivity contribution in [2.75, 3.05) is 33.8 Å². The molecule has 2 aliphatic rings. The monoisotopic (exact) mass is 1080 g/mol. The van der Waals surface area contributed by atoms with Gasteiger partial charge in [0.25, 0.3) is 0 Å². The van der Waals surface area contributed by atoms with E-state index < -0.39 is 78.6 Å². The molecule has 12 atom stereocenters. The molecule has 1 fully saturated rings. The lowest BCUT2D eigenvalue weighted by Gasteiger charge is -2.46. The zero-order chi connectivity index (χ0) is 50.5. The van der Waals surface area contributed by atoms with Gasteiger partial charge in [-0.05, 0) is 142 Å². The number of allylic oxidation sites excluding steroid dienone is 3. The summed E-state index contributed by atoms with van der Waals surface area (Å²) in [4.78, 5) is 31.7. The van der Waals surface area contributed by atoms with Crippen molar-refractivity contribution in [3.8, 4) is 22.8 Å². The lowest BCUT2D eigenvalue weighted by Crippen LogP contribution is -2.63. The first kappa shape index (κ1) is 55.0. The Bertz CT molecular complexity index is 2310. The van der Waals surface area contributed by atoms with Crippen molar-refractivity contribution in [3.63, 3.8) is 0 Å². The minimum Gasteiger partial charge on any atom is -0.462 e. The average molecular weight is 1080 g/mol. The molecule has 3 heterocycles. The van der Waals surface area contributed by atoms with E-state index in [-0.39, 0.29) is 18.8 Å². The van der Waals surface area contributed by atoms with Crippen LogP contribution in [0.2, 0.25) is 0 Å².